The van der Waals surface area contributed by atoms with E-state index in [1.54, 1.807) is 18.2 Å². The van der Waals surface area contributed by atoms with E-state index in [1.807, 2.05) is 41.2 Å². The summed E-state index contributed by atoms with van der Waals surface area (Å²) < 4.78 is 17.5. The number of benzene rings is 4. The van der Waals surface area contributed by atoms with Crippen molar-refractivity contribution in [1.82, 2.24) is 14.8 Å². The lowest BCUT2D eigenvalue weighted by molar-refractivity contribution is -0.135. The molecule has 4 aliphatic heterocycles. The summed E-state index contributed by atoms with van der Waals surface area (Å²) in [6.07, 6.45) is 9.78. The van der Waals surface area contributed by atoms with Gasteiger partial charge in [0, 0.05) is 86.0 Å². The van der Waals surface area contributed by atoms with E-state index in [2.05, 4.69) is 68.5 Å². The van der Waals surface area contributed by atoms with E-state index in [-0.39, 0.29) is 23.4 Å². The monoisotopic (exact) mass is 785 g/mol. The number of aromatic hydroxyl groups is 1. The van der Waals surface area contributed by atoms with Crippen LogP contribution in [-0.2, 0) is 9.59 Å². The van der Waals surface area contributed by atoms with E-state index >= 15 is 4.39 Å². The summed E-state index contributed by atoms with van der Waals surface area (Å²) in [6, 6.07) is 30.7. The van der Waals surface area contributed by atoms with Crippen molar-refractivity contribution in [2.24, 2.45) is 5.92 Å². The SMILES string of the molecule is O=C1CCC(n2cc3cc(F)c(N4CC5CCC(C4)N5CC4CCN(c5ccc(C(=C(CCCl)c6ccccc6)c6ccc(O)cc6)cc5)CC4)cc3c2)C(=O)N1. The van der Waals surface area contributed by atoms with Crippen LogP contribution >= 0.6 is 11.6 Å². The first-order valence-electron chi connectivity index (χ1n) is 20.5. The third kappa shape index (κ3) is 7.67. The molecular weight excluding hydrogens is 737 g/mol. The molecule has 4 fully saturated rings. The zero-order valence-electron chi connectivity index (χ0n) is 32.1. The average molecular weight is 786 g/mol. The highest BCUT2D eigenvalue weighted by atomic mass is 35.5. The molecule has 5 heterocycles. The number of aromatic nitrogens is 1. The zero-order valence-corrected chi connectivity index (χ0v) is 32.9. The number of imide groups is 1. The van der Waals surface area contributed by atoms with Gasteiger partial charge in [0.1, 0.15) is 17.6 Å². The van der Waals surface area contributed by atoms with E-state index in [1.165, 1.54) is 11.3 Å². The van der Waals surface area contributed by atoms with Crippen molar-refractivity contribution in [3.8, 4) is 5.75 Å². The summed E-state index contributed by atoms with van der Waals surface area (Å²) in [5.74, 6) is 0.617. The maximum Gasteiger partial charge on any atom is 0.249 e. The van der Waals surface area contributed by atoms with Crippen molar-refractivity contribution < 1.29 is 19.1 Å². The zero-order chi connectivity index (χ0) is 39.0. The molecule has 3 atom stereocenters. The van der Waals surface area contributed by atoms with Crippen LogP contribution in [0.1, 0.15) is 67.7 Å². The molecule has 8 nitrogen and oxygen atoms in total. The number of piperidine rings is 2. The number of phenols is 1. The molecule has 2 bridgehead atoms. The minimum Gasteiger partial charge on any atom is -0.508 e. The molecule has 0 radical (unpaired) electrons. The van der Waals surface area contributed by atoms with Gasteiger partial charge in [0.15, 0.2) is 0 Å². The van der Waals surface area contributed by atoms with E-state index in [0.717, 1.165) is 97.9 Å². The largest absolute Gasteiger partial charge is 0.508 e. The molecule has 4 aromatic carbocycles. The van der Waals surface area contributed by atoms with Crippen LogP contribution in [0.5, 0.6) is 5.75 Å². The standard InChI is InChI=1S/C47H49ClFN5O3/c48-21-18-41(32-4-2-1-3-5-32)46(34-8-14-40(55)15-9-34)33-6-10-37(11-7-33)51-22-19-31(20-23-51)26-54-38-12-13-39(54)30-53(29-38)44-25-36-28-52(27-35(36)24-42(44)49)43-16-17-45(56)50-47(43)57/h1-11,14-15,24-25,27-28,31,38-39,43,55H,12-13,16-23,26,29-30H2,(H,50,56,57). The number of carbonyl (C=O) groups is 2. The topological polar surface area (TPSA) is 81.1 Å². The highest BCUT2D eigenvalue weighted by Gasteiger charge is 2.41. The number of amides is 2. The van der Waals surface area contributed by atoms with Crippen LogP contribution in [0.3, 0.4) is 0 Å². The van der Waals surface area contributed by atoms with E-state index in [4.69, 9.17) is 11.6 Å². The van der Waals surface area contributed by atoms with Gasteiger partial charge in [-0.3, -0.25) is 19.8 Å². The maximum atomic E-state index is 15.7. The molecule has 0 spiro atoms. The average Bonchev–Trinajstić information content (AvgIpc) is 3.73. The fourth-order valence-corrected chi connectivity index (χ4v) is 10.0. The van der Waals surface area contributed by atoms with Gasteiger partial charge in [0.25, 0.3) is 0 Å². The summed E-state index contributed by atoms with van der Waals surface area (Å²) in [5, 5.41) is 14.1. The molecule has 294 valence electrons. The van der Waals surface area contributed by atoms with Gasteiger partial charge < -0.3 is 19.5 Å². The minimum atomic E-state index is -0.457. The van der Waals surface area contributed by atoms with Gasteiger partial charge in [0.2, 0.25) is 11.8 Å². The van der Waals surface area contributed by atoms with E-state index in [9.17, 15) is 14.7 Å². The third-order valence-electron chi connectivity index (χ3n) is 12.8. The number of hydrogen-bond donors (Lipinski definition) is 2. The first-order chi connectivity index (χ1) is 27.8. The van der Waals surface area contributed by atoms with Crippen LogP contribution in [0.2, 0.25) is 0 Å². The number of allylic oxidation sites excluding steroid dienone is 1. The number of piperazine rings is 1. The highest BCUT2D eigenvalue weighted by Crippen LogP contribution is 2.39. The molecule has 0 aliphatic carbocycles. The van der Waals surface area contributed by atoms with Crippen molar-refractivity contribution >= 4 is 56.7 Å². The van der Waals surface area contributed by atoms with Crippen LogP contribution in [0.15, 0.2) is 103 Å². The predicted octanol–water partition coefficient (Wildman–Crippen LogP) is 8.62. The van der Waals surface area contributed by atoms with E-state index < -0.39 is 6.04 Å². The number of alkyl halides is 1. The number of phenolic OH excluding ortho intramolecular Hbond substituents is 1. The Morgan fingerprint density at radius 1 is 0.772 bits per heavy atom. The fraction of sp³-hybridized carbons (Fsp3) is 0.362. The Bertz CT molecular complexity index is 2270. The molecule has 2 amide bonds. The van der Waals surface area contributed by atoms with Gasteiger partial charge in [-0.2, -0.15) is 0 Å². The van der Waals surface area contributed by atoms with Gasteiger partial charge >= 0.3 is 0 Å². The number of carbonyl (C=O) groups excluding carboxylic acids is 2. The first kappa shape index (κ1) is 37.5. The van der Waals surface area contributed by atoms with Crippen LogP contribution in [0.4, 0.5) is 15.8 Å². The van der Waals surface area contributed by atoms with Gasteiger partial charge in [0.05, 0.1) is 5.69 Å². The second-order valence-electron chi connectivity index (χ2n) is 16.3. The molecule has 3 unspecified atom stereocenters. The van der Waals surface area contributed by atoms with Gasteiger partial charge in [-0.1, -0.05) is 54.6 Å². The number of anilines is 2. The van der Waals surface area contributed by atoms with Crippen LogP contribution in [-0.4, -0.2) is 77.1 Å². The summed E-state index contributed by atoms with van der Waals surface area (Å²) in [5.41, 5.74) is 7.52. The van der Waals surface area contributed by atoms with Gasteiger partial charge in [-0.25, -0.2) is 4.39 Å². The van der Waals surface area contributed by atoms with Crippen LogP contribution in [0.25, 0.3) is 21.9 Å². The summed E-state index contributed by atoms with van der Waals surface area (Å²) in [7, 11) is 0. The number of fused-ring (bicyclic) bond motifs is 3. The van der Waals surface area contributed by atoms with Crippen molar-refractivity contribution in [2.75, 3.05) is 48.4 Å². The normalized spacial score (nSPS) is 22.2. The van der Waals surface area contributed by atoms with Crippen molar-refractivity contribution in [3.63, 3.8) is 0 Å². The number of nitrogens with one attached hydrogen (secondary N) is 1. The highest BCUT2D eigenvalue weighted by molar-refractivity contribution is 6.18. The molecule has 2 N–H and O–H groups in total. The van der Waals surface area contributed by atoms with E-state index in [0.29, 0.717) is 42.4 Å². The van der Waals surface area contributed by atoms with Gasteiger partial charge in [-0.05, 0) is 109 Å². The Labute approximate surface area is 338 Å². The molecule has 5 aromatic rings. The quantitative estimate of drug-likeness (QED) is 0.0839. The Morgan fingerprint density at radius 2 is 1.42 bits per heavy atom. The first-order valence-corrected chi connectivity index (χ1v) is 21.0. The maximum absolute atomic E-state index is 15.7. The third-order valence-corrected chi connectivity index (χ3v) is 13.0. The summed E-state index contributed by atoms with van der Waals surface area (Å²) in [6.45, 7) is 4.76. The molecule has 57 heavy (non-hydrogen) atoms. The second kappa shape index (κ2) is 16.0. The Morgan fingerprint density at radius 3 is 2.07 bits per heavy atom. The number of hydrogen-bond acceptors (Lipinski definition) is 6. The Kier molecular flexibility index (Phi) is 10.5. The van der Waals surface area contributed by atoms with Crippen molar-refractivity contribution in [1.29, 1.82) is 0 Å². The second-order valence-corrected chi connectivity index (χ2v) is 16.7. The molecule has 0 saturated carbocycles. The molecule has 9 rings (SSSR count). The lowest BCUT2D eigenvalue weighted by Crippen LogP contribution is -2.55. The molecule has 4 aliphatic rings. The predicted molar refractivity (Wildman–Crippen MR) is 226 cm³/mol. The number of nitrogens with zero attached hydrogens (tertiary/aromatic N) is 4. The van der Waals surface area contributed by atoms with Gasteiger partial charge in [-0.15, -0.1) is 11.6 Å². The van der Waals surface area contributed by atoms with Crippen molar-refractivity contribution in [2.45, 2.75) is 63.1 Å². The molecule has 1 aromatic heterocycles. The van der Waals surface area contributed by atoms with Crippen molar-refractivity contribution in [3.05, 3.63) is 126 Å². The minimum absolute atomic E-state index is 0.226. The Hall–Kier alpha value is -5.12. The fourth-order valence-electron chi connectivity index (χ4n) is 9.85. The lowest BCUT2D eigenvalue weighted by atomic mass is 9.88. The summed E-state index contributed by atoms with van der Waals surface area (Å²) >= 11 is 6.38. The smallest absolute Gasteiger partial charge is 0.249 e. The van der Waals surface area contributed by atoms with Crippen LogP contribution in [0, 0.1) is 11.7 Å². The number of halogens is 2. The van der Waals surface area contributed by atoms with Crippen LogP contribution < -0.4 is 15.1 Å². The molecular formula is C47H49ClFN5O3. The molecule has 10 heteroatoms. The summed E-state index contributed by atoms with van der Waals surface area (Å²) in [4.78, 5) is 31.6. The lowest BCUT2D eigenvalue weighted by Gasteiger charge is -2.44. The Balaban J connectivity index is 0.844. The molecule has 4 saturated heterocycles. The number of rotatable bonds is 10.